The number of thiol groups is 1. The first kappa shape index (κ1) is 23.7. The lowest BCUT2D eigenvalue weighted by molar-refractivity contribution is -0.309. The van der Waals surface area contributed by atoms with Gasteiger partial charge in [0.1, 0.15) is 0 Å². The van der Waals surface area contributed by atoms with Crippen LogP contribution >= 0.6 is 0 Å². The van der Waals surface area contributed by atoms with E-state index >= 15 is 0 Å². The fourth-order valence-electron chi connectivity index (χ4n) is 8.16. The summed E-state index contributed by atoms with van der Waals surface area (Å²) in [4.78, 5) is 23.4. The highest BCUT2D eigenvalue weighted by Gasteiger charge is 2.85. The van der Waals surface area contributed by atoms with Gasteiger partial charge in [0.15, 0.2) is 0 Å². The molecule has 4 bridgehead atoms. The number of carboxylic acid groups (broad SMARTS) is 2. The minimum atomic E-state index is -1.27. The van der Waals surface area contributed by atoms with Gasteiger partial charge in [0, 0.05) is 10.8 Å². The Kier molecular flexibility index (Phi) is 5.21. The first-order valence-corrected chi connectivity index (χ1v) is 11.9. The van der Waals surface area contributed by atoms with Gasteiger partial charge in [-0.05, 0) is 50.2 Å². The minimum absolute atomic E-state index is 0.0435. The number of carboxylic acids is 2. The Labute approximate surface area is 198 Å². The molecule has 186 valence electrons. The zero-order valence-electron chi connectivity index (χ0n) is 18.4. The van der Waals surface area contributed by atoms with Crippen LogP contribution in [0, 0.1) is 16.2 Å². The van der Waals surface area contributed by atoms with E-state index in [1.54, 1.807) is 12.1 Å². The van der Waals surface area contributed by atoms with Crippen LogP contribution in [-0.4, -0.2) is 69.5 Å². The molecule has 9 rings (SSSR count). The fraction of sp³-hybridized carbons (Fsp3) is 0.652. The van der Waals surface area contributed by atoms with Crippen molar-refractivity contribution in [2.45, 2.75) is 55.8 Å². The molecule has 11 heteroatoms. The summed E-state index contributed by atoms with van der Waals surface area (Å²) in [5.41, 5.74) is -2.34. The summed E-state index contributed by atoms with van der Waals surface area (Å²) in [5.74, 6) is -2.52. The molecule has 1 aromatic rings. The van der Waals surface area contributed by atoms with Crippen LogP contribution in [0.4, 0.5) is 0 Å². The van der Waals surface area contributed by atoms with Crippen LogP contribution < -0.4 is 0 Å². The Morgan fingerprint density at radius 3 is 2.21 bits per heavy atom. The molecular formula is C23H27O10S-. The maximum absolute atomic E-state index is 11.8. The highest BCUT2D eigenvalue weighted by molar-refractivity contribution is 7.51. The van der Waals surface area contributed by atoms with Crippen molar-refractivity contribution < 1.29 is 47.9 Å². The Bertz CT molecular complexity index is 1100. The van der Waals surface area contributed by atoms with Crippen LogP contribution in [0.3, 0.4) is 0 Å². The van der Waals surface area contributed by atoms with Gasteiger partial charge in [-0.1, -0.05) is 23.7 Å². The molecule has 8 aliphatic rings. The van der Waals surface area contributed by atoms with Gasteiger partial charge in [-0.15, -0.1) is 0 Å². The third kappa shape index (κ3) is 2.78. The smallest absolute Gasteiger partial charge is 0.336 e. The first-order valence-electron chi connectivity index (χ1n) is 11.2. The van der Waals surface area contributed by atoms with Crippen molar-refractivity contribution in [3.8, 4) is 0 Å². The monoisotopic (exact) mass is 495 g/mol. The molecule has 4 aliphatic carbocycles. The van der Waals surface area contributed by atoms with E-state index in [2.05, 4.69) is 0 Å². The van der Waals surface area contributed by atoms with Crippen LogP contribution in [0.2, 0.25) is 0 Å². The van der Waals surface area contributed by atoms with Gasteiger partial charge >= 0.3 is 11.9 Å². The van der Waals surface area contributed by atoms with E-state index in [-0.39, 0.29) is 28.6 Å². The SMILES string of the molecule is O=C(O)c1cccc(CC23COC(C4(CO)C(O)CC56COC4(C5)C6)(C2)C3)c1C(=O)O.O=[SH-]=O. The molecule has 4 N–H and O–H groups in total. The predicted octanol–water partition coefficient (Wildman–Crippen LogP) is 0.959. The molecule has 8 fully saturated rings. The summed E-state index contributed by atoms with van der Waals surface area (Å²) in [6, 6.07) is 4.55. The van der Waals surface area contributed by atoms with Crippen molar-refractivity contribution in [3.63, 3.8) is 0 Å². The largest absolute Gasteiger partial charge is 0.478 e. The maximum atomic E-state index is 11.8. The molecule has 4 saturated carbocycles. The molecule has 2 atom stereocenters. The van der Waals surface area contributed by atoms with E-state index in [0.717, 1.165) is 12.8 Å². The van der Waals surface area contributed by atoms with E-state index in [1.807, 2.05) is 0 Å². The number of aliphatic hydroxyl groups is 2. The van der Waals surface area contributed by atoms with E-state index in [1.165, 1.54) is 6.07 Å². The summed E-state index contributed by atoms with van der Waals surface area (Å²) in [7, 11) is 0. The molecule has 4 aliphatic heterocycles. The highest BCUT2D eigenvalue weighted by atomic mass is 32.1. The zero-order valence-corrected chi connectivity index (χ0v) is 19.3. The molecule has 10 nitrogen and oxygen atoms in total. The minimum Gasteiger partial charge on any atom is -0.478 e. The zero-order chi connectivity index (χ0) is 24.6. The number of fused-ring (bicyclic) bond motifs is 4. The molecule has 1 aromatic carbocycles. The van der Waals surface area contributed by atoms with Gasteiger partial charge in [0.25, 0.3) is 0 Å². The molecule has 4 heterocycles. The average Bonchev–Trinajstić information content (AvgIpc) is 3.46. The van der Waals surface area contributed by atoms with Crippen LogP contribution in [-0.2, 0) is 35.9 Å². The first-order chi connectivity index (χ1) is 16.1. The van der Waals surface area contributed by atoms with Crippen molar-refractivity contribution in [3.05, 3.63) is 34.9 Å². The Morgan fingerprint density at radius 2 is 1.62 bits per heavy atom. The van der Waals surface area contributed by atoms with Gasteiger partial charge in [0.2, 0.25) is 0 Å². The summed E-state index contributed by atoms with van der Waals surface area (Å²) in [6.07, 6.45) is 3.16. The van der Waals surface area contributed by atoms with Gasteiger partial charge in [-0.3, -0.25) is 0 Å². The van der Waals surface area contributed by atoms with Crippen molar-refractivity contribution in [1.82, 2.24) is 0 Å². The number of benzene rings is 1. The summed E-state index contributed by atoms with van der Waals surface area (Å²) in [5, 5.41) is 40.8. The lowest BCUT2D eigenvalue weighted by Gasteiger charge is -2.69. The number of hydrogen-bond donors (Lipinski definition) is 4. The summed E-state index contributed by atoms with van der Waals surface area (Å²) < 4.78 is 29.3. The topological polar surface area (TPSA) is 168 Å². The molecule has 4 saturated heterocycles. The quantitative estimate of drug-likeness (QED) is 0.329. The Balaban J connectivity index is 0.000000764. The molecule has 2 unspecified atom stereocenters. The van der Waals surface area contributed by atoms with Crippen LogP contribution in [0.25, 0.3) is 0 Å². The second kappa shape index (κ2) is 7.47. The number of rotatable bonds is 6. The van der Waals surface area contributed by atoms with E-state index in [0.29, 0.717) is 44.5 Å². The van der Waals surface area contributed by atoms with E-state index < -0.39 is 46.2 Å². The molecular weight excluding hydrogens is 468 g/mol. The van der Waals surface area contributed by atoms with Crippen LogP contribution in [0.15, 0.2) is 18.2 Å². The lowest BCUT2D eigenvalue weighted by atomic mass is 9.36. The van der Waals surface area contributed by atoms with Gasteiger partial charge in [0.05, 0.1) is 53.7 Å². The maximum Gasteiger partial charge on any atom is 0.336 e. The number of carbonyl (C=O) groups is 2. The van der Waals surface area contributed by atoms with Crippen molar-refractivity contribution >= 4 is 23.5 Å². The van der Waals surface area contributed by atoms with Crippen molar-refractivity contribution in [1.29, 1.82) is 0 Å². The Hall–Kier alpha value is -2.05. The van der Waals surface area contributed by atoms with E-state index in [4.69, 9.17) is 17.9 Å². The van der Waals surface area contributed by atoms with Crippen molar-refractivity contribution in [2.24, 2.45) is 16.2 Å². The summed E-state index contributed by atoms with van der Waals surface area (Å²) >= 11 is -1.08. The molecule has 0 aromatic heterocycles. The van der Waals surface area contributed by atoms with Gasteiger partial charge in [-0.25, -0.2) is 9.59 Å². The van der Waals surface area contributed by atoms with Crippen molar-refractivity contribution in [2.75, 3.05) is 19.8 Å². The number of aliphatic hydroxyl groups excluding tert-OH is 2. The fourth-order valence-corrected chi connectivity index (χ4v) is 8.16. The highest BCUT2D eigenvalue weighted by Crippen LogP contribution is 2.79. The second-order valence-electron chi connectivity index (χ2n) is 10.8. The molecule has 0 radical (unpaired) electrons. The van der Waals surface area contributed by atoms with Gasteiger partial charge < -0.3 is 38.3 Å². The summed E-state index contributed by atoms with van der Waals surface area (Å²) in [6.45, 7) is 0.797. The van der Waals surface area contributed by atoms with Crippen LogP contribution in [0.1, 0.15) is 58.4 Å². The number of aromatic carboxylic acids is 2. The van der Waals surface area contributed by atoms with Crippen LogP contribution in [0.5, 0.6) is 0 Å². The number of hydrogen-bond acceptors (Lipinski definition) is 9. The average molecular weight is 496 g/mol. The lowest BCUT2D eigenvalue weighted by Crippen LogP contribution is -2.78. The third-order valence-corrected chi connectivity index (χ3v) is 9.18. The molecule has 34 heavy (non-hydrogen) atoms. The Morgan fingerprint density at radius 1 is 1.00 bits per heavy atom. The standard InChI is InChI=1S/C23H26O8.HO2S/c24-10-23(15(25)5-20-8-22(23,9-20)31-12-20)21-6-19(7-21,11-30-21)4-13-2-1-3-14(17(26)27)16(13)18(28)29;1-3-2/h1-3,15,24-25H,4-12H2,(H,26,27)(H,28,29);3H/q;-1. The predicted molar refractivity (Wildman–Crippen MR) is 115 cm³/mol. The second-order valence-corrected chi connectivity index (χ2v) is 11.0. The number of ether oxygens (including phenoxy) is 2. The van der Waals surface area contributed by atoms with E-state index in [9.17, 15) is 30.0 Å². The van der Waals surface area contributed by atoms with Gasteiger partial charge in [-0.2, -0.15) is 0 Å². The molecule has 0 spiro atoms. The molecule has 0 amide bonds. The normalized spacial score (nSPS) is 42.7. The third-order valence-electron chi connectivity index (χ3n) is 9.18.